The van der Waals surface area contributed by atoms with Gasteiger partial charge < -0.3 is 30.3 Å². The van der Waals surface area contributed by atoms with Crippen molar-refractivity contribution in [1.82, 2.24) is 20.5 Å². The molecule has 2 fully saturated rings. The summed E-state index contributed by atoms with van der Waals surface area (Å²) in [6, 6.07) is 8.86. The van der Waals surface area contributed by atoms with Crippen molar-refractivity contribution >= 4 is 46.1 Å². The van der Waals surface area contributed by atoms with Gasteiger partial charge in [-0.1, -0.05) is 24.6 Å². The van der Waals surface area contributed by atoms with Gasteiger partial charge in [-0.05, 0) is 69.6 Å². The van der Waals surface area contributed by atoms with E-state index in [0.29, 0.717) is 23.0 Å². The molecule has 0 radical (unpaired) electrons. The summed E-state index contributed by atoms with van der Waals surface area (Å²) < 4.78 is 6.94. The highest BCUT2D eigenvalue weighted by molar-refractivity contribution is 6.36. The third-order valence-corrected chi connectivity index (χ3v) is 8.60. The Balaban J connectivity index is 1.29. The summed E-state index contributed by atoms with van der Waals surface area (Å²) in [6.07, 6.45) is 5.34. The molecule has 1 aromatic carbocycles. The maximum absolute atomic E-state index is 13.4. The van der Waals surface area contributed by atoms with E-state index in [0.717, 1.165) is 24.6 Å². The standard InChI is InChI=1S/C32H37N5O7/c1-3-33-30(41)25(38)13-12-22(35-31(42)28-18(2)21-7-4-5-9-26(21)44-28)29(40)36-23-8-6-14-37(32(23)43)17-27(39)34-24-16-19-10-11-20(24)15-19/h4-9,14,19-20,22,24H,3,10-13,15-17H2,1-2H3,(H,33,41)(H,34,39)(H,35,42)(H,36,40)/t19?,20?,22-,24?/m0/s1. The van der Waals surface area contributed by atoms with Crippen LogP contribution in [0.3, 0.4) is 0 Å². The molecule has 2 aromatic heterocycles. The number of amides is 4. The lowest BCUT2D eigenvalue weighted by molar-refractivity contribution is -0.138. The van der Waals surface area contributed by atoms with Gasteiger partial charge in [0, 0.05) is 36.2 Å². The van der Waals surface area contributed by atoms with Crippen molar-refractivity contribution in [3.63, 3.8) is 0 Å². The number of Topliss-reactive ketones (excluding diaryl/α,β-unsaturated/α-hetero) is 1. The molecular formula is C32H37N5O7. The van der Waals surface area contributed by atoms with E-state index in [2.05, 4.69) is 21.3 Å². The van der Waals surface area contributed by atoms with Gasteiger partial charge in [0.05, 0.1) is 0 Å². The zero-order chi connectivity index (χ0) is 31.4. The maximum atomic E-state index is 13.4. The van der Waals surface area contributed by atoms with Crippen molar-refractivity contribution < 1.29 is 28.4 Å². The molecule has 3 aromatic rings. The number of carbonyl (C=O) groups excluding carboxylic acids is 5. The predicted molar refractivity (Wildman–Crippen MR) is 162 cm³/mol. The smallest absolute Gasteiger partial charge is 0.287 e. The first-order chi connectivity index (χ1) is 21.1. The molecular weight excluding hydrogens is 566 g/mol. The number of furan rings is 1. The van der Waals surface area contributed by atoms with Gasteiger partial charge in [0.25, 0.3) is 17.4 Å². The molecule has 0 aliphatic heterocycles. The average molecular weight is 604 g/mol. The van der Waals surface area contributed by atoms with Gasteiger partial charge in [0.15, 0.2) is 5.76 Å². The topological polar surface area (TPSA) is 169 Å². The lowest BCUT2D eigenvalue weighted by atomic mass is 9.95. The van der Waals surface area contributed by atoms with Gasteiger partial charge in [-0.3, -0.25) is 28.8 Å². The lowest BCUT2D eigenvalue weighted by Gasteiger charge is -2.23. The van der Waals surface area contributed by atoms with E-state index in [4.69, 9.17) is 4.42 Å². The number of ketones is 1. The van der Waals surface area contributed by atoms with Crippen LogP contribution in [0.4, 0.5) is 5.69 Å². The molecule has 5 rings (SSSR count). The molecule has 12 heteroatoms. The van der Waals surface area contributed by atoms with Gasteiger partial charge in [0.2, 0.25) is 17.6 Å². The number of anilines is 1. The van der Waals surface area contributed by atoms with E-state index >= 15 is 0 Å². The van der Waals surface area contributed by atoms with Crippen LogP contribution in [0, 0.1) is 18.8 Å². The predicted octanol–water partition coefficient (Wildman–Crippen LogP) is 2.43. The molecule has 2 saturated carbocycles. The first-order valence-corrected chi connectivity index (χ1v) is 15.0. The minimum absolute atomic E-state index is 0.00242. The Morgan fingerprint density at radius 3 is 2.55 bits per heavy atom. The van der Waals surface area contributed by atoms with Gasteiger partial charge in [-0.15, -0.1) is 0 Å². The summed E-state index contributed by atoms with van der Waals surface area (Å²) in [5, 5.41) is 11.3. The zero-order valence-electron chi connectivity index (χ0n) is 24.8. The molecule has 44 heavy (non-hydrogen) atoms. The number of fused-ring (bicyclic) bond motifs is 3. The summed E-state index contributed by atoms with van der Waals surface area (Å²) in [6.45, 7) is 3.44. The van der Waals surface area contributed by atoms with Gasteiger partial charge in [-0.2, -0.15) is 0 Å². The molecule has 4 N–H and O–H groups in total. The Morgan fingerprint density at radius 1 is 1.05 bits per heavy atom. The molecule has 0 saturated heterocycles. The molecule has 2 bridgehead atoms. The Hall–Kier alpha value is -4.74. The Kier molecular flexibility index (Phi) is 9.26. The van der Waals surface area contributed by atoms with Crippen LogP contribution in [0.5, 0.6) is 0 Å². The van der Waals surface area contributed by atoms with Crippen molar-refractivity contribution in [2.75, 3.05) is 11.9 Å². The molecule has 4 atom stereocenters. The van der Waals surface area contributed by atoms with E-state index in [1.807, 2.05) is 6.07 Å². The first kappa shape index (κ1) is 30.7. The fraction of sp³-hybridized carbons (Fsp3) is 0.438. The molecule has 4 amide bonds. The summed E-state index contributed by atoms with van der Waals surface area (Å²) >= 11 is 0. The molecule has 3 unspecified atom stereocenters. The number of likely N-dealkylation sites (N-methyl/N-ethyl adjacent to an activating group) is 1. The molecule has 2 aliphatic rings. The minimum Gasteiger partial charge on any atom is -0.451 e. The zero-order valence-corrected chi connectivity index (χ0v) is 24.8. The SMILES string of the molecule is CCNC(=O)C(=O)CC[C@H](NC(=O)c1oc2ccccc2c1C)C(=O)Nc1cccn(CC(=O)NC2CC3CCC2C3)c1=O. The third-order valence-electron chi connectivity index (χ3n) is 8.60. The van der Waals surface area contributed by atoms with Crippen LogP contribution in [0.2, 0.25) is 0 Å². The van der Waals surface area contributed by atoms with Crippen LogP contribution < -0.4 is 26.8 Å². The number of benzene rings is 1. The minimum atomic E-state index is -1.29. The number of para-hydroxylation sites is 1. The second kappa shape index (κ2) is 13.3. The van der Waals surface area contributed by atoms with Crippen LogP contribution in [-0.2, 0) is 25.7 Å². The van der Waals surface area contributed by atoms with E-state index in [1.54, 1.807) is 32.0 Å². The molecule has 2 heterocycles. The maximum Gasteiger partial charge on any atom is 0.287 e. The number of hydrogen-bond acceptors (Lipinski definition) is 7. The quantitative estimate of drug-likeness (QED) is 0.231. The number of hydrogen-bond donors (Lipinski definition) is 4. The second-order valence-corrected chi connectivity index (χ2v) is 11.6. The summed E-state index contributed by atoms with van der Waals surface area (Å²) in [5.41, 5.74) is 0.377. The Labute approximate surface area is 253 Å². The second-order valence-electron chi connectivity index (χ2n) is 11.6. The number of aromatic nitrogens is 1. The summed E-state index contributed by atoms with van der Waals surface area (Å²) in [4.78, 5) is 77.0. The average Bonchev–Trinajstić information content (AvgIpc) is 3.72. The number of nitrogens with one attached hydrogen (secondary N) is 4. The fourth-order valence-electron chi connectivity index (χ4n) is 6.34. The van der Waals surface area contributed by atoms with E-state index < -0.39 is 35.1 Å². The molecule has 0 spiro atoms. The third kappa shape index (κ3) is 6.74. The molecule has 2 aliphatic carbocycles. The van der Waals surface area contributed by atoms with Gasteiger partial charge >= 0.3 is 0 Å². The van der Waals surface area contributed by atoms with Crippen molar-refractivity contribution in [2.24, 2.45) is 11.8 Å². The van der Waals surface area contributed by atoms with Crippen molar-refractivity contribution in [3.8, 4) is 0 Å². The van der Waals surface area contributed by atoms with Crippen molar-refractivity contribution in [1.29, 1.82) is 0 Å². The van der Waals surface area contributed by atoms with Gasteiger partial charge in [0.1, 0.15) is 23.9 Å². The van der Waals surface area contributed by atoms with Crippen LogP contribution in [0.15, 0.2) is 51.8 Å². The Morgan fingerprint density at radius 2 is 1.84 bits per heavy atom. The summed E-state index contributed by atoms with van der Waals surface area (Å²) in [5.74, 6) is -2.12. The highest BCUT2D eigenvalue weighted by atomic mass is 16.3. The molecule has 232 valence electrons. The first-order valence-electron chi connectivity index (χ1n) is 15.0. The van der Waals surface area contributed by atoms with E-state index in [9.17, 15) is 28.8 Å². The van der Waals surface area contributed by atoms with Crippen LogP contribution in [-0.4, -0.2) is 52.6 Å². The number of pyridine rings is 1. The number of aryl methyl sites for hydroxylation is 1. The van der Waals surface area contributed by atoms with Crippen LogP contribution in [0.25, 0.3) is 11.0 Å². The number of nitrogens with zero attached hydrogens (tertiary/aromatic N) is 1. The fourth-order valence-corrected chi connectivity index (χ4v) is 6.34. The highest BCUT2D eigenvalue weighted by Gasteiger charge is 2.40. The van der Waals surface area contributed by atoms with E-state index in [-0.39, 0.29) is 49.3 Å². The number of rotatable bonds is 12. The van der Waals surface area contributed by atoms with Crippen molar-refractivity contribution in [3.05, 3.63) is 64.3 Å². The molecule has 12 nitrogen and oxygen atoms in total. The highest BCUT2D eigenvalue weighted by Crippen LogP contribution is 2.44. The lowest BCUT2D eigenvalue weighted by Crippen LogP contribution is -2.45. The number of carbonyl (C=O) groups is 5. The van der Waals surface area contributed by atoms with Crippen molar-refractivity contribution in [2.45, 2.75) is 71.0 Å². The largest absolute Gasteiger partial charge is 0.451 e. The normalized spacial score (nSPS) is 19.4. The van der Waals surface area contributed by atoms with Crippen LogP contribution in [0.1, 0.15) is 61.6 Å². The van der Waals surface area contributed by atoms with E-state index in [1.165, 1.54) is 29.3 Å². The van der Waals surface area contributed by atoms with Crippen LogP contribution >= 0.6 is 0 Å². The van der Waals surface area contributed by atoms with Gasteiger partial charge in [-0.25, -0.2) is 0 Å². The Bertz CT molecular complexity index is 1660. The summed E-state index contributed by atoms with van der Waals surface area (Å²) in [7, 11) is 0. The monoisotopic (exact) mass is 603 g/mol.